The van der Waals surface area contributed by atoms with Gasteiger partial charge in [0.05, 0.1) is 28.5 Å². The number of halogens is 3. The normalized spacial score (nSPS) is 18.0. The predicted molar refractivity (Wildman–Crippen MR) is 188 cm³/mol. The Bertz CT molecular complexity index is 1960. The van der Waals surface area contributed by atoms with Gasteiger partial charge in [-0.2, -0.15) is 18.4 Å². The third kappa shape index (κ3) is 8.94. The topological polar surface area (TPSA) is 169 Å². The summed E-state index contributed by atoms with van der Waals surface area (Å²) in [6, 6.07) is 16.2. The van der Waals surface area contributed by atoms with Crippen LogP contribution in [0.4, 0.5) is 24.8 Å². The lowest BCUT2D eigenvalue weighted by Crippen LogP contribution is -2.44. The average Bonchev–Trinajstić information content (AvgIpc) is 3.74. The van der Waals surface area contributed by atoms with Gasteiger partial charge >= 0.3 is 6.18 Å². The Hall–Kier alpha value is -5.08. The van der Waals surface area contributed by atoms with Gasteiger partial charge in [-0.3, -0.25) is 19.3 Å². The van der Waals surface area contributed by atoms with Gasteiger partial charge in [-0.15, -0.1) is 0 Å². The second kappa shape index (κ2) is 15.9. The molecule has 1 atom stereocenters. The van der Waals surface area contributed by atoms with Crippen LogP contribution in [0.2, 0.25) is 0 Å². The number of carbonyl (C=O) groups is 3. The monoisotopic (exact) mass is 752 g/mol. The number of hydrogen-bond acceptors (Lipinski definition) is 10. The SMILES string of the molecule is N#Cc1ccc(CCNC(=O)[C@@H]2CCCN2c2cc(N3CCC(CCNS(=O)(=O)CCN4C(=O)c5ccccc5C4=O)CC3)nc(C(F)(F)F)n2)cc1. The molecular formula is C36H39F3N8O5S. The molecule has 0 radical (unpaired) electrons. The quantitative estimate of drug-likeness (QED) is 0.247. The molecule has 17 heteroatoms. The fourth-order valence-corrected chi connectivity index (χ4v) is 7.96. The number of nitrogens with zero attached hydrogens (tertiary/aromatic N) is 6. The van der Waals surface area contributed by atoms with Crippen LogP contribution in [0.1, 0.15) is 69.8 Å². The predicted octanol–water partition coefficient (Wildman–Crippen LogP) is 3.52. The zero-order valence-electron chi connectivity index (χ0n) is 28.8. The molecule has 3 amide bonds. The Morgan fingerprint density at radius 1 is 0.925 bits per heavy atom. The fraction of sp³-hybridized carbons (Fsp3) is 0.444. The number of carbonyl (C=O) groups excluding carboxylic acids is 3. The van der Waals surface area contributed by atoms with E-state index in [0.717, 1.165) is 10.5 Å². The number of nitrogens with one attached hydrogen (secondary N) is 2. The highest BCUT2D eigenvalue weighted by Gasteiger charge is 2.39. The first kappa shape index (κ1) is 37.7. The Labute approximate surface area is 305 Å². The third-order valence-electron chi connectivity index (χ3n) is 9.87. The fourth-order valence-electron chi connectivity index (χ4n) is 6.96. The summed E-state index contributed by atoms with van der Waals surface area (Å²) in [5, 5.41) is 11.9. The molecule has 4 heterocycles. The Morgan fingerprint density at radius 3 is 2.23 bits per heavy atom. The molecule has 2 aromatic carbocycles. The molecule has 2 saturated heterocycles. The molecule has 0 bridgehead atoms. The zero-order chi connectivity index (χ0) is 37.8. The van der Waals surface area contributed by atoms with Crippen LogP contribution in [0.3, 0.4) is 0 Å². The van der Waals surface area contributed by atoms with Gasteiger partial charge < -0.3 is 15.1 Å². The van der Waals surface area contributed by atoms with Crippen molar-refractivity contribution in [2.24, 2.45) is 5.92 Å². The molecule has 6 rings (SSSR count). The average molecular weight is 753 g/mol. The van der Waals surface area contributed by atoms with Gasteiger partial charge in [0.15, 0.2) is 0 Å². The van der Waals surface area contributed by atoms with E-state index in [4.69, 9.17) is 5.26 Å². The summed E-state index contributed by atoms with van der Waals surface area (Å²) in [7, 11) is -3.79. The Kier molecular flexibility index (Phi) is 11.3. The van der Waals surface area contributed by atoms with Crippen molar-refractivity contribution in [3.8, 4) is 6.07 Å². The number of aromatic nitrogens is 2. The molecule has 0 aliphatic carbocycles. The van der Waals surface area contributed by atoms with E-state index in [1.165, 1.54) is 18.2 Å². The van der Waals surface area contributed by atoms with Crippen molar-refractivity contribution in [3.63, 3.8) is 0 Å². The summed E-state index contributed by atoms with van der Waals surface area (Å²) >= 11 is 0. The van der Waals surface area contributed by atoms with Gasteiger partial charge in [0.2, 0.25) is 21.8 Å². The van der Waals surface area contributed by atoms with Crippen LogP contribution >= 0.6 is 0 Å². The van der Waals surface area contributed by atoms with Gasteiger partial charge in [0.1, 0.15) is 17.7 Å². The molecule has 3 aromatic rings. The summed E-state index contributed by atoms with van der Waals surface area (Å²) in [5.41, 5.74) is 1.96. The first-order valence-corrected chi connectivity index (χ1v) is 19.2. The molecule has 280 valence electrons. The lowest BCUT2D eigenvalue weighted by Gasteiger charge is -2.34. The Morgan fingerprint density at radius 2 is 1.58 bits per heavy atom. The van der Waals surface area contributed by atoms with E-state index in [0.29, 0.717) is 70.3 Å². The maximum absolute atomic E-state index is 14.0. The van der Waals surface area contributed by atoms with E-state index in [-0.39, 0.29) is 47.7 Å². The van der Waals surface area contributed by atoms with Crippen LogP contribution in [-0.4, -0.2) is 92.1 Å². The van der Waals surface area contributed by atoms with E-state index in [9.17, 15) is 36.0 Å². The van der Waals surface area contributed by atoms with Crippen LogP contribution < -0.4 is 19.8 Å². The highest BCUT2D eigenvalue weighted by Crippen LogP contribution is 2.34. The molecule has 13 nitrogen and oxygen atoms in total. The second-order valence-corrected chi connectivity index (χ2v) is 15.3. The number of nitriles is 1. The van der Waals surface area contributed by atoms with Crippen LogP contribution in [0.5, 0.6) is 0 Å². The van der Waals surface area contributed by atoms with Crippen LogP contribution in [0.15, 0.2) is 54.6 Å². The lowest BCUT2D eigenvalue weighted by atomic mass is 9.94. The first-order valence-electron chi connectivity index (χ1n) is 17.5. The highest BCUT2D eigenvalue weighted by atomic mass is 32.2. The molecule has 0 spiro atoms. The first-order chi connectivity index (χ1) is 25.3. The van der Waals surface area contributed by atoms with Gasteiger partial charge in [0, 0.05) is 45.3 Å². The molecule has 53 heavy (non-hydrogen) atoms. The number of sulfonamides is 1. The number of fused-ring (bicyclic) bond motifs is 1. The van der Waals surface area contributed by atoms with Gasteiger partial charge in [-0.25, -0.2) is 23.1 Å². The molecule has 0 unspecified atom stereocenters. The number of hydrogen-bond donors (Lipinski definition) is 2. The van der Waals surface area contributed by atoms with Crippen molar-refractivity contribution in [2.75, 3.05) is 54.8 Å². The second-order valence-electron chi connectivity index (χ2n) is 13.3. The minimum Gasteiger partial charge on any atom is -0.356 e. The van der Waals surface area contributed by atoms with E-state index in [2.05, 4.69) is 26.1 Å². The molecule has 3 aliphatic rings. The number of imide groups is 1. The molecule has 1 aromatic heterocycles. The smallest absolute Gasteiger partial charge is 0.356 e. The number of amides is 3. The van der Waals surface area contributed by atoms with Crippen molar-refractivity contribution < 1.29 is 36.0 Å². The van der Waals surface area contributed by atoms with Crippen molar-refractivity contribution in [2.45, 2.75) is 50.7 Å². The summed E-state index contributed by atoms with van der Waals surface area (Å²) in [6.07, 6.45) is -1.54. The largest absolute Gasteiger partial charge is 0.451 e. The molecule has 0 saturated carbocycles. The van der Waals surface area contributed by atoms with E-state index in [1.54, 1.807) is 34.1 Å². The molecular weight excluding hydrogens is 714 g/mol. The minimum absolute atomic E-state index is 0.0322. The van der Waals surface area contributed by atoms with E-state index < -0.39 is 45.6 Å². The number of benzene rings is 2. The molecule has 2 N–H and O–H groups in total. The zero-order valence-corrected chi connectivity index (χ0v) is 29.6. The highest BCUT2D eigenvalue weighted by molar-refractivity contribution is 7.89. The summed E-state index contributed by atoms with van der Waals surface area (Å²) < 4.78 is 70.0. The van der Waals surface area contributed by atoms with Gasteiger partial charge in [-0.05, 0) is 74.3 Å². The number of piperidine rings is 1. The van der Waals surface area contributed by atoms with Crippen molar-refractivity contribution in [1.82, 2.24) is 24.9 Å². The van der Waals surface area contributed by atoms with E-state index >= 15 is 0 Å². The number of anilines is 2. The lowest BCUT2D eigenvalue weighted by molar-refractivity contribution is -0.144. The summed E-state index contributed by atoms with van der Waals surface area (Å²) in [4.78, 5) is 50.3. The molecule has 3 aliphatic heterocycles. The standard InChI is InChI=1S/C36H39F3N8O5S/c37-36(38,39)35-43-30(22-31(44-35)46-17-3-6-29(46)32(48)41-15-11-24-7-9-26(23-40)10-8-24)45-18-13-25(14-19-45)12-16-42-53(51,52)21-20-47-33(49)27-4-1-2-5-28(27)34(47)50/h1-2,4-5,7-10,22,25,29,42H,3,6,11-21H2,(H,41,48)/t29-/m0/s1. The minimum atomic E-state index is -4.81. The van der Waals surface area contributed by atoms with Gasteiger partial charge in [-0.1, -0.05) is 24.3 Å². The maximum Gasteiger partial charge on any atom is 0.451 e. The number of alkyl halides is 3. The van der Waals surface area contributed by atoms with Crippen LogP contribution in [-0.2, 0) is 27.4 Å². The maximum atomic E-state index is 14.0. The van der Waals surface area contributed by atoms with Crippen molar-refractivity contribution in [3.05, 3.63) is 82.7 Å². The van der Waals surface area contributed by atoms with Crippen LogP contribution in [0.25, 0.3) is 0 Å². The van der Waals surface area contributed by atoms with Crippen LogP contribution in [0, 0.1) is 17.2 Å². The summed E-state index contributed by atoms with van der Waals surface area (Å²) in [5.74, 6) is -2.82. The van der Waals surface area contributed by atoms with Gasteiger partial charge in [0.25, 0.3) is 11.8 Å². The van der Waals surface area contributed by atoms with Crippen molar-refractivity contribution in [1.29, 1.82) is 5.26 Å². The summed E-state index contributed by atoms with van der Waals surface area (Å²) in [6.45, 7) is 1.33. The van der Waals surface area contributed by atoms with Crippen molar-refractivity contribution >= 4 is 39.4 Å². The van der Waals surface area contributed by atoms with E-state index in [1.807, 2.05) is 12.1 Å². The third-order valence-corrected chi connectivity index (χ3v) is 11.2. The Balaban J connectivity index is 1.01. The molecule has 2 fully saturated rings. The number of rotatable bonds is 13.